The van der Waals surface area contributed by atoms with Crippen molar-refractivity contribution in [2.24, 2.45) is 27.2 Å². The van der Waals surface area contributed by atoms with Gasteiger partial charge in [0.05, 0.1) is 23.9 Å². The zero-order chi connectivity index (χ0) is 15.3. The van der Waals surface area contributed by atoms with E-state index in [0.717, 1.165) is 6.07 Å². The number of methoxy groups -OCH3 is 1. The minimum Gasteiger partial charge on any atom is -0.478 e. The highest BCUT2D eigenvalue weighted by Crippen LogP contribution is 2.22. The molecule has 0 fully saturated rings. The summed E-state index contributed by atoms with van der Waals surface area (Å²) < 4.78 is 4.56. The Morgan fingerprint density at radius 1 is 1.25 bits per heavy atom. The van der Waals surface area contributed by atoms with Crippen molar-refractivity contribution in [3.8, 4) is 0 Å². The summed E-state index contributed by atoms with van der Waals surface area (Å²) >= 11 is 0. The fourth-order valence-corrected chi connectivity index (χ4v) is 1.32. The van der Waals surface area contributed by atoms with Crippen molar-refractivity contribution < 1.29 is 19.4 Å². The zero-order valence-electron chi connectivity index (χ0n) is 10.5. The molecule has 0 spiro atoms. The minimum absolute atomic E-state index is 0.0146. The van der Waals surface area contributed by atoms with Gasteiger partial charge in [0.1, 0.15) is 0 Å². The number of guanidine groups is 2. The number of carboxylic acid groups (broad SMARTS) is 1. The van der Waals surface area contributed by atoms with E-state index >= 15 is 0 Å². The van der Waals surface area contributed by atoms with Crippen LogP contribution in [0.5, 0.6) is 0 Å². The number of carboxylic acids is 1. The summed E-state index contributed by atoms with van der Waals surface area (Å²) in [5.74, 6) is -2.52. The maximum Gasteiger partial charge on any atom is 0.340 e. The van der Waals surface area contributed by atoms with E-state index in [0.29, 0.717) is 0 Å². The van der Waals surface area contributed by atoms with Gasteiger partial charge in [-0.05, 0) is 18.2 Å². The van der Waals surface area contributed by atoms with Crippen molar-refractivity contribution in [1.82, 2.24) is 0 Å². The number of carbonyl (C=O) groups is 2. The monoisotopic (exact) mass is 279 g/mol. The SMILES string of the molecule is COC(=O)c1ccc(C(=O)O)cc1N=C(N)N=C(N)N. The molecular weight excluding hydrogens is 266 g/mol. The van der Waals surface area contributed by atoms with E-state index < -0.39 is 11.9 Å². The molecule has 0 aromatic heterocycles. The van der Waals surface area contributed by atoms with Gasteiger partial charge in [-0.1, -0.05) is 0 Å². The Morgan fingerprint density at radius 3 is 2.40 bits per heavy atom. The van der Waals surface area contributed by atoms with Crippen molar-refractivity contribution in [2.45, 2.75) is 0 Å². The highest BCUT2D eigenvalue weighted by molar-refractivity contribution is 6.00. The maximum atomic E-state index is 11.6. The predicted octanol–water partition coefficient (Wildman–Crippen LogP) is -0.609. The number of nitrogens with zero attached hydrogens (tertiary/aromatic N) is 2. The molecule has 20 heavy (non-hydrogen) atoms. The van der Waals surface area contributed by atoms with Crippen LogP contribution in [0.2, 0.25) is 0 Å². The highest BCUT2D eigenvalue weighted by atomic mass is 16.5. The van der Waals surface area contributed by atoms with Crippen LogP contribution in [0.1, 0.15) is 20.7 Å². The van der Waals surface area contributed by atoms with Crippen LogP contribution in [0.3, 0.4) is 0 Å². The predicted molar refractivity (Wildman–Crippen MR) is 71.8 cm³/mol. The summed E-state index contributed by atoms with van der Waals surface area (Å²) in [6.45, 7) is 0. The molecule has 0 heterocycles. The van der Waals surface area contributed by atoms with E-state index in [1.165, 1.54) is 19.2 Å². The molecule has 0 aliphatic rings. The molecule has 9 heteroatoms. The van der Waals surface area contributed by atoms with Gasteiger partial charge in [-0.25, -0.2) is 14.6 Å². The molecule has 0 atom stereocenters. The summed E-state index contributed by atoms with van der Waals surface area (Å²) in [7, 11) is 1.18. The molecule has 0 saturated heterocycles. The second kappa shape index (κ2) is 6.18. The summed E-state index contributed by atoms with van der Waals surface area (Å²) in [5, 5.41) is 8.91. The Hall–Kier alpha value is -3.10. The van der Waals surface area contributed by atoms with Crippen molar-refractivity contribution in [2.75, 3.05) is 7.11 Å². The van der Waals surface area contributed by atoms with Gasteiger partial charge < -0.3 is 27.0 Å². The van der Waals surface area contributed by atoms with Gasteiger partial charge in [-0.3, -0.25) is 0 Å². The molecular formula is C11H13N5O4. The molecule has 9 nitrogen and oxygen atoms in total. The Balaban J connectivity index is 3.39. The van der Waals surface area contributed by atoms with Crippen LogP contribution in [0.15, 0.2) is 28.2 Å². The first-order valence-electron chi connectivity index (χ1n) is 5.24. The third-order valence-electron chi connectivity index (χ3n) is 2.13. The fourth-order valence-electron chi connectivity index (χ4n) is 1.32. The molecule has 1 rings (SSSR count). The van der Waals surface area contributed by atoms with Gasteiger partial charge >= 0.3 is 11.9 Å². The number of hydrogen-bond acceptors (Lipinski definition) is 4. The largest absolute Gasteiger partial charge is 0.478 e. The van der Waals surface area contributed by atoms with Crippen molar-refractivity contribution >= 4 is 29.5 Å². The summed E-state index contributed by atoms with van der Waals surface area (Å²) in [6, 6.07) is 3.66. The van der Waals surface area contributed by atoms with Crippen molar-refractivity contribution in [3.05, 3.63) is 29.3 Å². The lowest BCUT2D eigenvalue weighted by molar-refractivity contribution is 0.0599. The van der Waals surface area contributed by atoms with Crippen LogP contribution in [0.25, 0.3) is 0 Å². The summed E-state index contributed by atoms with van der Waals surface area (Å²) in [5.41, 5.74) is 15.7. The smallest absolute Gasteiger partial charge is 0.340 e. The number of nitrogens with two attached hydrogens (primary N) is 3. The molecule has 0 aliphatic carbocycles. The van der Waals surface area contributed by atoms with Crippen LogP contribution in [0.4, 0.5) is 5.69 Å². The third-order valence-corrected chi connectivity index (χ3v) is 2.13. The quantitative estimate of drug-likeness (QED) is 0.325. The molecule has 1 aromatic rings. The Labute approximate surface area is 113 Å². The molecule has 0 radical (unpaired) electrons. The zero-order valence-corrected chi connectivity index (χ0v) is 10.5. The number of aliphatic imine (C=N–C) groups is 2. The van der Waals surface area contributed by atoms with Crippen molar-refractivity contribution in [1.29, 1.82) is 0 Å². The lowest BCUT2D eigenvalue weighted by Gasteiger charge is -2.05. The van der Waals surface area contributed by atoms with E-state index in [1.54, 1.807) is 0 Å². The number of hydrogen-bond donors (Lipinski definition) is 4. The van der Waals surface area contributed by atoms with Gasteiger partial charge in [0, 0.05) is 0 Å². The maximum absolute atomic E-state index is 11.6. The average molecular weight is 279 g/mol. The van der Waals surface area contributed by atoms with Crippen LogP contribution in [-0.4, -0.2) is 36.1 Å². The van der Waals surface area contributed by atoms with Gasteiger partial charge in [-0.2, -0.15) is 4.99 Å². The summed E-state index contributed by atoms with van der Waals surface area (Å²) in [6.07, 6.45) is 0. The average Bonchev–Trinajstić information content (AvgIpc) is 2.36. The van der Waals surface area contributed by atoms with E-state index in [4.69, 9.17) is 22.3 Å². The van der Waals surface area contributed by atoms with Crippen LogP contribution in [0, 0.1) is 0 Å². The van der Waals surface area contributed by atoms with Crippen LogP contribution < -0.4 is 17.2 Å². The molecule has 0 aliphatic heterocycles. The second-order valence-corrected chi connectivity index (χ2v) is 3.54. The lowest BCUT2D eigenvalue weighted by Crippen LogP contribution is -2.26. The first-order valence-corrected chi connectivity index (χ1v) is 5.24. The van der Waals surface area contributed by atoms with Gasteiger partial charge in [0.15, 0.2) is 5.96 Å². The van der Waals surface area contributed by atoms with E-state index in [2.05, 4.69) is 14.7 Å². The van der Waals surface area contributed by atoms with E-state index in [9.17, 15) is 9.59 Å². The number of ether oxygens (including phenoxy) is 1. The van der Waals surface area contributed by atoms with Gasteiger partial charge in [0.25, 0.3) is 0 Å². The van der Waals surface area contributed by atoms with Gasteiger partial charge in [0.2, 0.25) is 5.96 Å². The number of aromatic carboxylic acids is 1. The standard InChI is InChI=1S/C11H13N5O4/c1-20-9(19)6-3-2-5(8(17)18)4-7(6)15-11(14)16-10(12)13/h2-4H,1H3,(H,17,18)(H6,12,13,14,15,16). The molecule has 0 bridgehead atoms. The van der Waals surface area contributed by atoms with E-state index in [1.807, 2.05) is 0 Å². The Bertz CT molecular complexity index is 605. The normalized spacial score (nSPS) is 10.8. The molecule has 106 valence electrons. The Kier molecular flexibility index (Phi) is 4.62. The molecule has 0 unspecified atom stereocenters. The first-order chi connectivity index (χ1) is 9.35. The van der Waals surface area contributed by atoms with E-state index in [-0.39, 0.29) is 28.7 Å². The molecule has 0 saturated carbocycles. The van der Waals surface area contributed by atoms with Crippen LogP contribution in [-0.2, 0) is 4.74 Å². The number of esters is 1. The third kappa shape index (κ3) is 3.70. The lowest BCUT2D eigenvalue weighted by atomic mass is 10.1. The van der Waals surface area contributed by atoms with Gasteiger partial charge in [-0.15, -0.1) is 0 Å². The highest BCUT2D eigenvalue weighted by Gasteiger charge is 2.14. The number of carbonyl (C=O) groups excluding carboxylic acids is 1. The molecule has 1 aromatic carbocycles. The first kappa shape index (κ1) is 15.0. The number of rotatable bonds is 3. The summed E-state index contributed by atoms with van der Waals surface area (Å²) in [4.78, 5) is 29.7. The molecule has 0 amide bonds. The minimum atomic E-state index is -1.18. The number of benzene rings is 1. The van der Waals surface area contributed by atoms with Crippen molar-refractivity contribution in [3.63, 3.8) is 0 Å². The topological polar surface area (TPSA) is 166 Å². The molecule has 7 N–H and O–H groups in total. The Morgan fingerprint density at radius 2 is 1.90 bits per heavy atom. The van der Waals surface area contributed by atoms with Crippen LogP contribution >= 0.6 is 0 Å². The second-order valence-electron chi connectivity index (χ2n) is 3.54. The fraction of sp³-hybridized carbons (Fsp3) is 0.0909.